The lowest BCUT2D eigenvalue weighted by Crippen LogP contribution is -2.38. The molecule has 0 aromatic rings. The molecule has 0 amide bonds. The molecule has 0 fully saturated rings. The number of rotatable bonds is 8. The van der Waals surface area contributed by atoms with E-state index in [9.17, 15) is 18.0 Å². The van der Waals surface area contributed by atoms with Gasteiger partial charge in [0.1, 0.15) is 0 Å². The molecular weight excluding hydrogens is 227 g/mol. The van der Waals surface area contributed by atoms with Gasteiger partial charge in [0, 0.05) is 19.8 Å². The molecule has 0 radical (unpaired) electrons. The van der Waals surface area contributed by atoms with Gasteiger partial charge in [-0.1, -0.05) is 0 Å². The molecule has 96 valence electrons. The molecule has 16 heavy (non-hydrogen) atoms. The first-order chi connectivity index (χ1) is 7.35. The van der Waals surface area contributed by atoms with E-state index in [-0.39, 0.29) is 6.54 Å². The van der Waals surface area contributed by atoms with Crippen molar-refractivity contribution in [3.63, 3.8) is 0 Å². The maximum absolute atomic E-state index is 12.1. The Morgan fingerprint density at radius 3 is 2.50 bits per heavy atom. The summed E-state index contributed by atoms with van der Waals surface area (Å²) in [6, 6.07) is 0. The summed E-state index contributed by atoms with van der Waals surface area (Å²) in [7, 11) is 0. The van der Waals surface area contributed by atoms with Gasteiger partial charge in [0.05, 0.1) is 13.1 Å². The molecule has 0 aliphatic carbocycles. The van der Waals surface area contributed by atoms with E-state index in [1.165, 1.54) is 0 Å². The van der Waals surface area contributed by atoms with Crippen molar-refractivity contribution in [3.05, 3.63) is 0 Å². The second-order valence-electron chi connectivity index (χ2n) is 3.27. The minimum absolute atomic E-state index is 0.0613. The van der Waals surface area contributed by atoms with Gasteiger partial charge in [0.25, 0.3) is 0 Å². The second-order valence-corrected chi connectivity index (χ2v) is 3.27. The lowest BCUT2D eigenvalue weighted by Gasteiger charge is -2.21. The van der Waals surface area contributed by atoms with Crippen LogP contribution in [0.15, 0.2) is 0 Å². The molecule has 0 rings (SSSR count). The Morgan fingerprint density at radius 2 is 2.06 bits per heavy atom. The summed E-state index contributed by atoms with van der Waals surface area (Å²) in [5, 5.41) is 8.44. The molecule has 1 N–H and O–H groups in total. The van der Waals surface area contributed by atoms with Crippen LogP contribution in [-0.4, -0.2) is 55.0 Å². The van der Waals surface area contributed by atoms with Crippen LogP contribution in [0, 0.1) is 0 Å². The number of carboxylic acids is 1. The van der Waals surface area contributed by atoms with Gasteiger partial charge in [-0.05, 0) is 13.3 Å². The van der Waals surface area contributed by atoms with E-state index in [0.717, 1.165) is 4.90 Å². The highest BCUT2D eigenvalue weighted by Crippen LogP contribution is 2.16. The lowest BCUT2D eigenvalue weighted by atomic mass is 10.3. The predicted octanol–water partition coefficient (Wildman–Crippen LogP) is 1.36. The quantitative estimate of drug-likeness (QED) is 0.654. The van der Waals surface area contributed by atoms with Crippen molar-refractivity contribution < 1.29 is 27.8 Å². The fourth-order valence-corrected chi connectivity index (χ4v) is 1.19. The fourth-order valence-electron chi connectivity index (χ4n) is 1.19. The van der Waals surface area contributed by atoms with Crippen molar-refractivity contribution in [1.29, 1.82) is 0 Å². The standard InChI is InChI=1S/C9H16F3NO3/c1-2-16-5-3-4-13(6-8(14)15)7-9(10,11)12/h2-7H2,1H3,(H,14,15). The first kappa shape index (κ1) is 15.2. The van der Waals surface area contributed by atoms with E-state index in [0.29, 0.717) is 19.6 Å². The van der Waals surface area contributed by atoms with E-state index in [2.05, 4.69) is 0 Å². The van der Waals surface area contributed by atoms with Crippen LogP contribution >= 0.6 is 0 Å². The van der Waals surface area contributed by atoms with E-state index in [1.807, 2.05) is 0 Å². The number of aliphatic carboxylic acids is 1. The SMILES string of the molecule is CCOCCCN(CC(=O)O)CC(F)(F)F. The van der Waals surface area contributed by atoms with E-state index in [4.69, 9.17) is 9.84 Å². The molecule has 0 heterocycles. The third-order valence-corrected chi connectivity index (χ3v) is 1.73. The summed E-state index contributed by atoms with van der Waals surface area (Å²) in [5.74, 6) is -1.26. The van der Waals surface area contributed by atoms with Crippen LogP contribution in [0.25, 0.3) is 0 Å². The number of carbonyl (C=O) groups is 1. The highest BCUT2D eigenvalue weighted by Gasteiger charge is 2.31. The molecule has 0 spiro atoms. The first-order valence-corrected chi connectivity index (χ1v) is 4.93. The summed E-state index contributed by atoms with van der Waals surface area (Å²) in [6.07, 6.45) is -3.99. The van der Waals surface area contributed by atoms with Gasteiger partial charge >= 0.3 is 12.1 Å². The van der Waals surface area contributed by atoms with Crippen LogP contribution in [0.2, 0.25) is 0 Å². The van der Waals surface area contributed by atoms with Gasteiger partial charge < -0.3 is 9.84 Å². The zero-order valence-corrected chi connectivity index (χ0v) is 9.09. The minimum atomic E-state index is -4.37. The minimum Gasteiger partial charge on any atom is -0.480 e. The molecule has 0 bridgehead atoms. The Bertz CT molecular complexity index is 209. The Hall–Kier alpha value is -0.820. The molecule has 0 unspecified atom stereocenters. The van der Waals surface area contributed by atoms with Crippen LogP contribution < -0.4 is 0 Å². The molecular formula is C9H16F3NO3. The maximum Gasteiger partial charge on any atom is 0.401 e. The molecule has 4 nitrogen and oxygen atoms in total. The van der Waals surface area contributed by atoms with E-state index < -0.39 is 25.2 Å². The monoisotopic (exact) mass is 243 g/mol. The molecule has 0 aromatic carbocycles. The lowest BCUT2D eigenvalue weighted by molar-refractivity contribution is -0.154. The number of ether oxygens (including phenoxy) is 1. The van der Waals surface area contributed by atoms with Gasteiger partial charge in [-0.2, -0.15) is 13.2 Å². The summed E-state index contributed by atoms with van der Waals surface area (Å²) in [4.78, 5) is 11.2. The molecule has 0 atom stereocenters. The molecule has 7 heteroatoms. The molecule has 0 aliphatic rings. The van der Waals surface area contributed by atoms with E-state index >= 15 is 0 Å². The van der Waals surface area contributed by atoms with Gasteiger partial charge in [0.15, 0.2) is 0 Å². The molecule has 0 saturated heterocycles. The van der Waals surface area contributed by atoms with Crippen molar-refractivity contribution in [3.8, 4) is 0 Å². The number of halogens is 3. The third kappa shape index (κ3) is 9.72. The smallest absolute Gasteiger partial charge is 0.401 e. The number of carboxylic acid groups (broad SMARTS) is 1. The molecule has 0 aliphatic heterocycles. The first-order valence-electron chi connectivity index (χ1n) is 4.93. The van der Waals surface area contributed by atoms with Crippen molar-refractivity contribution in [2.45, 2.75) is 19.5 Å². The molecule has 0 saturated carbocycles. The fraction of sp³-hybridized carbons (Fsp3) is 0.889. The van der Waals surface area contributed by atoms with Crippen LogP contribution in [0.5, 0.6) is 0 Å². The Morgan fingerprint density at radius 1 is 1.44 bits per heavy atom. The Kier molecular flexibility index (Phi) is 7.07. The van der Waals surface area contributed by atoms with Crippen LogP contribution in [-0.2, 0) is 9.53 Å². The summed E-state index contributed by atoms with van der Waals surface area (Å²) < 4.78 is 41.2. The largest absolute Gasteiger partial charge is 0.480 e. The molecule has 0 aromatic heterocycles. The summed E-state index contributed by atoms with van der Waals surface area (Å²) in [5.41, 5.74) is 0. The van der Waals surface area contributed by atoms with Gasteiger partial charge in [0.2, 0.25) is 0 Å². The Labute approximate surface area is 92.0 Å². The summed E-state index contributed by atoms with van der Waals surface area (Å²) in [6.45, 7) is 0.871. The zero-order valence-electron chi connectivity index (χ0n) is 9.09. The van der Waals surface area contributed by atoms with Gasteiger partial charge in [-0.3, -0.25) is 9.69 Å². The van der Waals surface area contributed by atoms with Crippen molar-refractivity contribution in [1.82, 2.24) is 4.90 Å². The van der Waals surface area contributed by atoms with Crippen molar-refractivity contribution >= 4 is 5.97 Å². The zero-order chi connectivity index (χ0) is 12.6. The highest BCUT2D eigenvalue weighted by molar-refractivity contribution is 5.69. The average Bonchev–Trinajstić information content (AvgIpc) is 2.08. The van der Waals surface area contributed by atoms with E-state index in [1.54, 1.807) is 6.92 Å². The second kappa shape index (κ2) is 7.45. The van der Waals surface area contributed by atoms with Crippen LogP contribution in [0.4, 0.5) is 13.2 Å². The summed E-state index contributed by atoms with van der Waals surface area (Å²) >= 11 is 0. The number of nitrogens with zero attached hydrogens (tertiary/aromatic N) is 1. The van der Waals surface area contributed by atoms with Crippen molar-refractivity contribution in [2.75, 3.05) is 32.8 Å². The topological polar surface area (TPSA) is 49.8 Å². The predicted molar refractivity (Wildman–Crippen MR) is 51.2 cm³/mol. The Balaban J connectivity index is 3.96. The number of alkyl halides is 3. The third-order valence-electron chi connectivity index (χ3n) is 1.73. The van der Waals surface area contributed by atoms with Crippen LogP contribution in [0.3, 0.4) is 0 Å². The van der Waals surface area contributed by atoms with Crippen LogP contribution in [0.1, 0.15) is 13.3 Å². The average molecular weight is 243 g/mol. The highest BCUT2D eigenvalue weighted by atomic mass is 19.4. The normalized spacial score (nSPS) is 12.1. The number of hydrogen-bond donors (Lipinski definition) is 1. The van der Waals surface area contributed by atoms with Crippen molar-refractivity contribution in [2.24, 2.45) is 0 Å². The van der Waals surface area contributed by atoms with Gasteiger partial charge in [-0.15, -0.1) is 0 Å². The number of hydrogen-bond acceptors (Lipinski definition) is 3. The maximum atomic E-state index is 12.1. The van der Waals surface area contributed by atoms with Gasteiger partial charge in [-0.25, -0.2) is 0 Å².